The number of hydrogen-bond donors (Lipinski definition) is 2. The van der Waals surface area contributed by atoms with Crippen molar-refractivity contribution >= 4 is 12.0 Å². The maximum atomic E-state index is 13.3. The molecule has 1 atom stereocenters. The third-order valence-corrected chi connectivity index (χ3v) is 2.99. The van der Waals surface area contributed by atoms with Crippen molar-refractivity contribution < 1.29 is 23.4 Å². The van der Waals surface area contributed by atoms with Crippen LogP contribution >= 0.6 is 0 Å². The third kappa shape index (κ3) is 3.95. The number of benzene rings is 1. The summed E-state index contributed by atoms with van der Waals surface area (Å²) in [7, 11) is 1.37. The van der Waals surface area contributed by atoms with Crippen molar-refractivity contribution in [2.75, 3.05) is 13.7 Å². The van der Waals surface area contributed by atoms with Gasteiger partial charge in [0.2, 0.25) is 5.91 Å². The monoisotopic (exact) mass is 305 g/mol. The molecule has 1 aromatic carbocycles. The summed E-state index contributed by atoms with van der Waals surface area (Å²) in [5.41, 5.74) is 0.618. The van der Waals surface area contributed by atoms with E-state index in [0.717, 1.165) is 0 Å². The van der Waals surface area contributed by atoms with Crippen LogP contribution in [0.2, 0.25) is 0 Å². The van der Waals surface area contributed by atoms with E-state index in [9.17, 15) is 14.3 Å². The molecule has 6 heteroatoms. The zero-order valence-electron chi connectivity index (χ0n) is 12.0. The Hall–Kier alpha value is -2.60. The second kappa shape index (κ2) is 7.42. The Bertz CT molecular complexity index is 652. The van der Waals surface area contributed by atoms with Gasteiger partial charge in [0.25, 0.3) is 0 Å². The number of hydrogen-bond acceptors (Lipinski definition) is 4. The highest BCUT2D eigenvalue weighted by Crippen LogP contribution is 2.19. The van der Waals surface area contributed by atoms with Gasteiger partial charge in [-0.05, 0) is 35.9 Å². The number of aliphatic hydroxyl groups is 1. The lowest BCUT2D eigenvalue weighted by Crippen LogP contribution is -2.28. The van der Waals surface area contributed by atoms with E-state index in [1.54, 1.807) is 12.1 Å². The predicted octanol–water partition coefficient (Wildman–Crippen LogP) is 2.29. The van der Waals surface area contributed by atoms with Gasteiger partial charge in [0.15, 0.2) is 11.6 Å². The molecule has 1 unspecified atom stereocenters. The fraction of sp³-hybridized carbons (Fsp3) is 0.188. The van der Waals surface area contributed by atoms with E-state index in [0.29, 0.717) is 11.3 Å². The average Bonchev–Trinajstić information content (AvgIpc) is 3.06. The Labute approximate surface area is 127 Å². The number of carbonyl (C=O) groups excluding carboxylic acids is 1. The number of methoxy groups -OCH3 is 1. The quantitative estimate of drug-likeness (QED) is 0.803. The van der Waals surface area contributed by atoms with Crippen molar-refractivity contribution in [3.05, 3.63) is 59.8 Å². The lowest BCUT2D eigenvalue weighted by Gasteiger charge is -2.12. The molecule has 1 aromatic heterocycles. The topological polar surface area (TPSA) is 71.7 Å². The van der Waals surface area contributed by atoms with Gasteiger partial charge in [0, 0.05) is 6.08 Å². The predicted molar refractivity (Wildman–Crippen MR) is 78.7 cm³/mol. The number of ether oxygens (including phenoxy) is 1. The van der Waals surface area contributed by atoms with Crippen molar-refractivity contribution in [2.45, 2.75) is 6.04 Å². The zero-order chi connectivity index (χ0) is 15.9. The van der Waals surface area contributed by atoms with Crippen molar-refractivity contribution in [1.82, 2.24) is 5.32 Å². The van der Waals surface area contributed by atoms with Gasteiger partial charge in [0.05, 0.1) is 20.0 Å². The summed E-state index contributed by atoms with van der Waals surface area (Å²) in [6.07, 6.45) is 4.27. The van der Waals surface area contributed by atoms with Crippen LogP contribution in [0.1, 0.15) is 17.4 Å². The molecule has 0 saturated heterocycles. The number of aliphatic hydroxyl groups excluding tert-OH is 1. The van der Waals surface area contributed by atoms with Gasteiger partial charge >= 0.3 is 0 Å². The minimum atomic E-state index is -0.616. The molecule has 0 fully saturated rings. The number of halogens is 1. The molecule has 22 heavy (non-hydrogen) atoms. The van der Waals surface area contributed by atoms with Crippen molar-refractivity contribution in [2.24, 2.45) is 0 Å². The van der Waals surface area contributed by atoms with Crippen molar-refractivity contribution in [3.8, 4) is 5.75 Å². The molecule has 0 aliphatic heterocycles. The number of rotatable bonds is 6. The summed E-state index contributed by atoms with van der Waals surface area (Å²) in [4.78, 5) is 11.8. The van der Waals surface area contributed by atoms with Crippen LogP contribution in [-0.2, 0) is 4.79 Å². The highest BCUT2D eigenvalue weighted by molar-refractivity contribution is 5.92. The lowest BCUT2D eigenvalue weighted by atomic mass is 10.2. The van der Waals surface area contributed by atoms with Crippen LogP contribution in [0.3, 0.4) is 0 Å². The van der Waals surface area contributed by atoms with Gasteiger partial charge in [-0.15, -0.1) is 0 Å². The molecule has 0 aliphatic rings. The Morgan fingerprint density at radius 1 is 1.50 bits per heavy atom. The maximum Gasteiger partial charge on any atom is 0.244 e. The van der Waals surface area contributed by atoms with E-state index in [1.807, 2.05) is 0 Å². The Balaban J connectivity index is 2.02. The highest BCUT2D eigenvalue weighted by atomic mass is 19.1. The van der Waals surface area contributed by atoms with Crippen molar-refractivity contribution in [3.63, 3.8) is 0 Å². The van der Waals surface area contributed by atoms with E-state index in [4.69, 9.17) is 9.15 Å². The third-order valence-electron chi connectivity index (χ3n) is 2.99. The Kier molecular flexibility index (Phi) is 5.32. The number of furan rings is 1. The molecule has 0 spiro atoms. The Morgan fingerprint density at radius 3 is 2.95 bits per heavy atom. The smallest absolute Gasteiger partial charge is 0.244 e. The summed E-state index contributed by atoms with van der Waals surface area (Å²) in [5, 5.41) is 11.9. The molecule has 116 valence electrons. The molecule has 1 heterocycles. The van der Waals surface area contributed by atoms with Crippen LogP contribution < -0.4 is 10.1 Å². The second-order valence-electron chi connectivity index (χ2n) is 4.49. The number of nitrogens with one attached hydrogen (secondary N) is 1. The molecule has 0 saturated carbocycles. The average molecular weight is 305 g/mol. The molecule has 0 aliphatic carbocycles. The van der Waals surface area contributed by atoms with Gasteiger partial charge in [-0.1, -0.05) is 6.07 Å². The number of carbonyl (C=O) groups is 1. The summed E-state index contributed by atoms with van der Waals surface area (Å²) in [6.45, 7) is -0.280. The first-order valence-corrected chi connectivity index (χ1v) is 6.60. The van der Waals surface area contributed by atoms with Gasteiger partial charge in [-0.2, -0.15) is 0 Å². The van der Waals surface area contributed by atoms with E-state index >= 15 is 0 Å². The van der Waals surface area contributed by atoms with Crippen LogP contribution in [0.5, 0.6) is 5.75 Å². The minimum absolute atomic E-state index is 0.103. The molecule has 0 bridgehead atoms. The fourth-order valence-electron chi connectivity index (χ4n) is 1.87. The van der Waals surface area contributed by atoms with Crippen LogP contribution in [0, 0.1) is 5.82 Å². The zero-order valence-corrected chi connectivity index (χ0v) is 12.0. The van der Waals surface area contributed by atoms with Crippen LogP contribution in [-0.4, -0.2) is 24.7 Å². The lowest BCUT2D eigenvalue weighted by molar-refractivity contribution is -0.117. The molecule has 2 aromatic rings. The summed E-state index contributed by atoms with van der Waals surface area (Å²) >= 11 is 0. The van der Waals surface area contributed by atoms with Crippen LogP contribution in [0.15, 0.2) is 47.1 Å². The molecule has 2 rings (SSSR count). The second-order valence-corrected chi connectivity index (χ2v) is 4.49. The molecule has 5 nitrogen and oxygen atoms in total. The molecule has 2 N–H and O–H groups in total. The first-order valence-electron chi connectivity index (χ1n) is 6.60. The van der Waals surface area contributed by atoms with Crippen LogP contribution in [0.4, 0.5) is 4.39 Å². The molecule has 0 radical (unpaired) electrons. The highest BCUT2D eigenvalue weighted by Gasteiger charge is 2.14. The summed E-state index contributed by atoms with van der Waals surface area (Å²) < 4.78 is 23.3. The van der Waals surface area contributed by atoms with Crippen LogP contribution in [0.25, 0.3) is 6.08 Å². The van der Waals surface area contributed by atoms with E-state index in [1.165, 1.54) is 43.7 Å². The van der Waals surface area contributed by atoms with Gasteiger partial charge in [0.1, 0.15) is 11.8 Å². The number of amides is 1. The van der Waals surface area contributed by atoms with E-state index < -0.39 is 17.8 Å². The normalized spacial score (nSPS) is 12.3. The van der Waals surface area contributed by atoms with Gasteiger partial charge in [-0.3, -0.25) is 4.79 Å². The summed E-state index contributed by atoms with van der Waals surface area (Å²) in [6, 6.07) is 6.98. The van der Waals surface area contributed by atoms with E-state index in [2.05, 4.69) is 5.32 Å². The fourth-order valence-corrected chi connectivity index (χ4v) is 1.87. The largest absolute Gasteiger partial charge is 0.494 e. The standard InChI is InChI=1S/C16H16FNO4/c1-21-15-9-11(4-6-12(15)17)5-7-16(20)18-13(10-19)14-3-2-8-22-14/h2-9,13,19H,10H2,1H3,(H,18,20)/b7-5+. The van der Waals surface area contributed by atoms with Crippen molar-refractivity contribution in [1.29, 1.82) is 0 Å². The molecular formula is C16H16FNO4. The summed E-state index contributed by atoms with van der Waals surface area (Å²) in [5.74, 6) is -0.305. The maximum absolute atomic E-state index is 13.3. The van der Waals surface area contributed by atoms with E-state index in [-0.39, 0.29) is 12.4 Å². The SMILES string of the molecule is COc1cc(/C=C/C(=O)NC(CO)c2ccco2)ccc1F. The van der Waals surface area contributed by atoms with Gasteiger partial charge < -0.3 is 19.6 Å². The first-order chi connectivity index (χ1) is 10.6. The first kappa shape index (κ1) is 15.8. The Morgan fingerprint density at radius 2 is 2.32 bits per heavy atom. The minimum Gasteiger partial charge on any atom is -0.494 e. The molecular weight excluding hydrogens is 289 g/mol. The van der Waals surface area contributed by atoms with Gasteiger partial charge in [-0.25, -0.2) is 4.39 Å². The molecule has 1 amide bonds.